The second-order valence-electron chi connectivity index (χ2n) is 1.37. The van der Waals surface area contributed by atoms with Crippen molar-refractivity contribution < 1.29 is 31.0 Å². The quantitative estimate of drug-likeness (QED) is 0.595. The summed E-state index contributed by atoms with van der Waals surface area (Å²) in [5.74, 6) is 0. The van der Waals surface area contributed by atoms with Crippen molar-refractivity contribution in [1.29, 1.82) is 0 Å². The van der Waals surface area contributed by atoms with E-state index in [-0.39, 0.29) is 24.8 Å². The van der Waals surface area contributed by atoms with Crippen LogP contribution in [0.2, 0.25) is 0 Å². The van der Waals surface area contributed by atoms with E-state index in [0.29, 0.717) is 0 Å². The molecule has 0 unspecified atom stereocenters. The minimum absolute atomic E-state index is 0. The maximum absolute atomic E-state index is 2.20. The fourth-order valence-electron chi connectivity index (χ4n) is 0.464. The Hall–Kier alpha value is 1.16. The van der Waals surface area contributed by atoms with Crippen LogP contribution in [0.3, 0.4) is 0 Å². The van der Waals surface area contributed by atoms with Crippen LogP contribution >= 0.6 is 24.8 Å². The normalized spacial score (nSPS) is 13.6. The Labute approximate surface area is 82.1 Å². The van der Waals surface area contributed by atoms with Crippen molar-refractivity contribution in [3.8, 4) is 0 Å². The van der Waals surface area contributed by atoms with Crippen molar-refractivity contribution >= 4 is 24.8 Å². The molecule has 0 nitrogen and oxygen atoms in total. The molecule has 1 aliphatic rings. The molecule has 0 saturated heterocycles. The number of rotatable bonds is 0. The van der Waals surface area contributed by atoms with Gasteiger partial charge in [0.1, 0.15) is 0 Å². The van der Waals surface area contributed by atoms with Crippen LogP contribution in [-0.2, 0) is 31.0 Å². The molecule has 0 saturated carbocycles. The number of hydrogen-bond donors (Lipinski definition) is 0. The van der Waals surface area contributed by atoms with E-state index >= 15 is 0 Å². The predicted molar refractivity (Wildman–Crippen MR) is 36.3 cm³/mol. The molecule has 8 heavy (non-hydrogen) atoms. The van der Waals surface area contributed by atoms with E-state index in [2.05, 4.69) is 18.2 Å². The Morgan fingerprint density at radius 2 is 2.00 bits per heavy atom. The summed E-state index contributed by atoms with van der Waals surface area (Å²) in [5.41, 5.74) is 0. The summed E-state index contributed by atoms with van der Waals surface area (Å²) in [5, 5.41) is 0. The van der Waals surface area contributed by atoms with Crippen molar-refractivity contribution in [2.45, 2.75) is 6.42 Å². The number of hydrogen-bond acceptors (Lipinski definition) is 0. The maximum atomic E-state index is 2.20. The van der Waals surface area contributed by atoms with Gasteiger partial charge in [-0.3, -0.25) is 0 Å². The standard InChI is InChI=1S/C5H5.2ClH.Y/c1-2-4-5-3-1;;;/h1-3H,4H2;2*1H;. The second-order valence-corrected chi connectivity index (χ2v) is 3.20. The number of halogens is 2. The van der Waals surface area contributed by atoms with Crippen molar-refractivity contribution in [2.75, 3.05) is 0 Å². The van der Waals surface area contributed by atoms with Gasteiger partial charge >= 0.3 is 58.0 Å². The van der Waals surface area contributed by atoms with Gasteiger partial charge in [-0.1, -0.05) is 0 Å². The van der Waals surface area contributed by atoms with Crippen molar-refractivity contribution in [1.82, 2.24) is 0 Å². The van der Waals surface area contributed by atoms with Gasteiger partial charge in [-0.05, 0) is 0 Å². The molecular formula is C5H7Cl2Y. The Bertz CT molecular complexity index is 107. The molecule has 0 bridgehead atoms. The zero-order valence-electron chi connectivity index (χ0n) is 4.33. The van der Waals surface area contributed by atoms with Crippen LogP contribution in [0.4, 0.5) is 0 Å². The Morgan fingerprint density at radius 1 is 1.38 bits per heavy atom. The SMILES string of the molecule is Cl.Cl.[Y][C]1=CC=CC1. The van der Waals surface area contributed by atoms with Crippen molar-refractivity contribution in [2.24, 2.45) is 0 Å². The molecule has 0 atom stereocenters. The first kappa shape index (κ1) is 11.9. The van der Waals surface area contributed by atoms with E-state index in [1.807, 2.05) is 0 Å². The molecule has 0 spiro atoms. The fourth-order valence-corrected chi connectivity index (χ4v) is 1.07. The molecule has 0 aromatic carbocycles. The van der Waals surface area contributed by atoms with Gasteiger partial charge in [0.15, 0.2) is 0 Å². The average molecular weight is 227 g/mol. The Kier molecular flexibility index (Phi) is 9.35. The molecule has 0 N–H and O–H groups in total. The molecule has 0 amide bonds. The molecule has 0 aromatic heterocycles. The molecular weight excluding hydrogens is 220 g/mol. The van der Waals surface area contributed by atoms with Gasteiger partial charge < -0.3 is 0 Å². The van der Waals surface area contributed by atoms with Crippen LogP contribution in [0, 0.1) is 0 Å². The molecule has 0 aliphatic heterocycles. The summed E-state index contributed by atoms with van der Waals surface area (Å²) >= 11 is 1.31. The Morgan fingerprint density at radius 3 is 2.12 bits per heavy atom. The molecule has 0 radical (unpaired) electrons. The van der Waals surface area contributed by atoms with E-state index in [1.165, 1.54) is 37.4 Å². The minimum atomic E-state index is 0. The average Bonchev–Trinajstić information content (AvgIpc) is 1.86. The van der Waals surface area contributed by atoms with E-state index in [9.17, 15) is 0 Å². The monoisotopic (exact) mass is 226 g/mol. The van der Waals surface area contributed by atoms with Crippen molar-refractivity contribution in [3.05, 3.63) is 20.6 Å². The summed E-state index contributed by atoms with van der Waals surface area (Å²) in [4.78, 5) is 0. The third-order valence-electron chi connectivity index (χ3n) is 0.800. The molecule has 3 heteroatoms. The summed E-state index contributed by atoms with van der Waals surface area (Å²) in [6.45, 7) is 0. The predicted octanol–water partition coefficient (Wildman–Crippen LogP) is 2.22. The fraction of sp³-hybridized carbons (Fsp3) is 0.200. The van der Waals surface area contributed by atoms with Gasteiger partial charge in [0.05, 0.1) is 0 Å². The summed E-state index contributed by atoms with van der Waals surface area (Å²) < 4.78 is 1.60. The van der Waals surface area contributed by atoms with Gasteiger partial charge in [0, 0.05) is 0 Å². The van der Waals surface area contributed by atoms with Gasteiger partial charge in [0.2, 0.25) is 0 Å². The van der Waals surface area contributed by atoms with E-state index in [4.69, 9.17) is 0 Å². The molecule has 0 heterocycles. The van der Waals surface area contributed by atoms with Gasteiger partial charge in [-0.2, -0.15) is 0 Å². The zero-order chi connectivity index (χ0) is 4.41. The summed E-state index contributed by atoms with van der Waals surface area (Å²) in [6, 6.07) is 0. The second kappa shape index (κ2) is 6.29. The molecule has 0 fully saturated rings. The first-order chi connectivity index (χ1) is 2.89. The van der Waals surface area contributed by atoms with E-state index in [1.54, 1.807) is 2.38 Å². The van der Waals surface area contributed by atoms with Crippen molar-refractivity contribution in [3.63, 3.8) is 0 Å². The summed E-state index contributed by atoms with van der Waals surface area (Å²) in [6.07, 6.45) is 7.74. The van der Waals surface area contributed by atoms with Crippen LogP contribution in [0.25, 0.3) is 0 Å². The molecule has 1 aliphatic carbocycles. The van der Waals surface area contributed by atoms with Crippen LogP contribution in [0.5, 0.6) is 0 Å². The third-order valence-corrected chi connectivity index (χ3v) is 1.85. The molecule has 44 valence electrons. The third kappa shape index (κ3) is 4.08. The summed E-state index contributed by atoms with van der Waals surface area (Å²) in [7, 11) is 0. The van der Waals surface area contributed by atoms with E-state index in [0.717, 1.165) is 0 Å². The van der Waals surface area contributed by atoms with E-state index < -0.39 is 0 Å². The first-order valence-electron chi connectivity index (χ1n) is 2.01. The van der Waals surface area contributed by atoms with Gasteiger partial charge in [-0.25, -0.2) is 0 Å². The molecule has 1 rings (SSSR count). The van der Waals surface area contributed by atoms with Crippen LogP contribution < -0.4 is 0 Å². The Balaban J connectivity index is 0. The first-order valence-corrected chi connectivity index (χ1v) is 3.42. The van der Waals surface area contributed by atoms with Crippen LogP contribution in [-0.4, -0.2) is 0 Å². The van der Waals surface area contributed by atoms with Gasteiger partial charge in [-0.15, -0.1) is 24.8 Å². The van der Waals surface area contributed by atoms with Crippen LogP contribution in [0.15, 0.2) is 20.6 Å². The number of allylic oxidation sites excluding steroid dienone is 4. The zero-order valence-corrected chi connectivity index (χ0v) is 8.80. The topological polar surface area (TPSA) is 0 Å². The van der Waals surface area contributed by atoms with Crippen LogP contribution in [0.1, 0.15) is 6.42 Å². The molecule has 0 aromatic rings. The van der Waals surface area contributed by atoms with Gasteiger partial charge in [0.25, 0.3) is 0 Å².